The third-order valence-electron chi connectivity index (χ3n) is 6.99. The van der Waals surface area contributed by atoms with Gasteiger partial charge in [-0.3, -0.25) is 14.4 Å². The number of piperazine rings is 1. The number of nitrogens with zero attached hydrogens (tertiary/aromatic N) is 7. The van der Waals surface area contributed by atoms with E-state index in [-0.39, 0.29) is 5.91 Å². The molecule has 1 saturated carbocycles. The van der Waals surface area contributed by atoms with Crippen molar-refractivity contribution in [3.8, 4) is 0 Å². The molecule has 32 heavy (non-hydrogen) atoms. The molecule has 1 aliphatic heterocycles. The topological polar surface area (TPSA) is 72.1 Å². The molecule has 8 heteroatoms. The fourth-order valence-corrected chi connectivity index (χ4v) is 4.76. The van der Waals surface area contributed by atoms with E-state index in [2.05, 4.69) is 35.9 Å². The number of hydrogen-bond donors (Lipinski definition) is 0. The number of aromatic nitrogens is 5. The van der Waals surface area contributed by atoms with Crippen LogP contribution in [0.15, 0.2) is 12.3 Å². The van der Waals surface area contributed by atoms with Crippen LogP contribution in [0.4, 0.5) is 0 Å². The highest BCUT2D eigenvalue weighted by atomic mass is 16.2. The van der Waals surface area contributed by atoms with E-state index in [1.807, 2.05) is 33.6 Å². The summed E-state index contributed by atoms with van der Waals surface area (Å²) in [5.74, 6) is 0.613. The number of rotatable bonds is 6. The van der Waals surface area contributed by atoms with Gasteiger partial charge in [0.15, 0.2) is 5.65 Å². The van der Waals surface area contributed by atoms with Gasteiger partial charge in [-0.25, -0.2) is 9.67 Å². The monoisotopic (exact) mass is 435 g/mol. The fourth-order valence-electron chi connectivity index (χ4n) is 4.76. The zero-order valence-electron chi connectivity index (χ0n) is 19.6. The average Bonchev–Trinajstić information content (AvgIpc) is 3.53. The van der Waals surface area contributed by atoms with E-state index in [0.717, 1.165) is 73.7 Å². The molecule has 3 aromatic rings. The maximum absolute atomic E-state index is 13.6. The van der Waals surface area contributed by atoms with Crippen LogP contribution >= 0.6 is 0 Å². The van der Waals surface area contributed by atoms with E-state index in [1.54, 1.807) is 0 Å². The first-order chi connectivity index (χ1) is 15.5. The summed E-state index contributed by atoms with van der Waals surface area (Å²) in [5.41, 5.74) is 6.31. The Hall–Kier alpha value is -2.74. The molecule has 170 valence electrons. The van der Waals surface area contributed by atoms with E-state index < -0.39 is 0 Å². The van der Waals surface area contributed by atoms with E-state index in [0.29, 0.717) is 5.92 Å². The van der Waals surface area contributed by atoms with Crippen molar-refractivity contribution in [2.75, 3.05) is 26.2 Å². The average molecular weight is 436 g/mol. The summed E-state index contributed by atoms with van der Waals surface area (Å²) in [5, 5.41) is 9.97. The Bertz CT molecular complexity index is 1150. The molecule has 0 radical (unpaired) electrons. The first kappa shape index (κ1) is 21.1. The Kier molecular flexibility index (Phi) is 5.49. The molecule has 0 N–H and O–H groups in total. The molecule has 2 aliphatic rings. The predicted octanol–water partition coefficient (Wildman–Crippen LogP) is 3.03. The van der Waals surface area contributed by atoms with Crippen LogP contribution in [-0.4, -0.2) is 66.4 Å². The number of amides is 1. The van der Waals surface area contributed by atoms with Crippen LogP contribution in [0, 0.1) is 13.8 Å². The molecule has 0 spiro atoms. The number of aryl methyl sites for hydroxylation is 3. The van der Waals surface area contributed by atoms with Crippen LogP contribution in [0.2, 0.25) is 0 Å². The van der Waals surface area contributed by atoms with E-state index in [1.165, 1.54) is 24.1 Å². The highest BCUT2D eigenvalue weighted by Gasteiger charge is 2.30. The maximum Gasteiger partial charge on any atom is 0.254 e. The van der Waals surface area contributed by atoms with Crippen LogP contribution in [0.25, 0.3) is 11.0 Å². The Morgan fingerprint density at radius 2 is 1.91 bits per heavy atom. The van der Waals surface area contributed by atoms with Crippen molar-refractivity contribution >= 4 is 16.9 Å². The van der Waals surface area contributed by atoms with Gasteiger partial charge in [0, 0.05) is 69.2 Å². The normalized spacial score (nSPS) is 17.4. The lowest BCUT2D eigenvalue weighted by Crippen LogP contribution is -2.48. The summed E-state index contributed by atoms with van der Waals surface area (Å²) in [6, 6.07) is 2.04. The Morgan fingerprint density at radius 3 is 2.53 bits per heavy atom. The largest absolute Gasteiger partial charge is 0.336 e. The molecule has 0 aromatic carbocycles. The molecule has 1 amide bonds. The first-order valence-corrected chi connectivity index (χ1v) is 11.8. The third kappa shape index (κ3) is 3.81. The molecule has 4 heterocycles. The molecular weight excluding hydrogens is 402 g/mol. The zero-order chi connectivity index (χ0) is 22.4. The molecular formula is C24H33N7O. The van der Waals surface area contributed by atoms with Crippen LogP contribution in [0.5, 0.6) is 0 Å². The van der Waals surface area contributed by atoms with Crippen molar-refractivity contribution < 1.29 is 4.79 Å². The minimum absolute atomic E-state index is 0.115. The summed E-state index contributed by atoms with van der Waals surface area (Å²) in [6.07, 6.45) is 5.15. The van der Waals surface area contributed by atoms with Crippen molar-refractivity contribution in [3.05, 3.63) is 40.5 Å². The van der Waals surface area contributed by atoms with Crippen LogP contribution in [0.1, 0.15) is 65.1 Å². The molecule has 8 nitrogen and oxygen atoms in total. The van der Waals surface area contributed by atoms with Gasteiger partial charge < -0.3 is 4.90 Å². The fraction of sp³-hybridized carbons (Fsp3) is 0.583. The molecule has 1 aliphatic carbocycles. The predicted molar refractivity (Wildman–Crippen MR) is 124 cm³/mol. The number of fused-ring (bicyclic) bond motifs is 1. The summed E-state index contributed by atoms with van der Waals surface area (Å²) in [4.78, 5) is 22.9. The van der Waals surface area contributed by atoms with Gasteiger partial charge in [-0.1, -0.05) is 6.92 Å². The van der Waals surface area contributed by atoms with Gasteiger partial charge in [0.2, 0.25) is 0 Å². The van der Waals surface area contributed by atoms with Crippen molar-refractivity contribution in [1.82, 2.24) is 34.3 Å². The van der Waals surface area contributed by atoms with Gasteiger partial charge in [-0.2, -0.15) is 10.2 Å². The van der Waals surface area contributed by atoms with E-state index in [9.17, 15) is 4.79 Å². The Labute approximate surface area is 189 Å². The summed E-state index contributed by atoms with van der Waals surface area (Å²) in [7, 11) is 2.00. The van der Waals surface area contributed by atoms with Crippen LogP contribution < -0.4 is 0 Å². The molecule has 3 aromatic heterocycles. The summed E-state index contributed by atoms with van der Waals surface area (Å²) >= 11 is 0. The van der Waals surface area contributed by atoms with Crippen molar-refractivity contribution in [2.24, 2.45) is 7.05 Å². The zero-order valence-corrected chi connectivity index (χ0v) is 19.6. The highest BCUT2D eigenvalue weighted by Crippen LogP contribution is 2.40. The smallest absolute Gasteiger partial charge is 0.254 e. The quantitative estimate of drug-likeness (QED) is 0.595. The van der Waals surface area contributed by atoms with Crippen LogP contribution in [-0.2, 0) is 20.1 Å². The lowest BCUT2D eigenvalue weighted by atomic mass is 10.1. The van der Waals surface area contributed by atoms with E-state index >= 15 is 0 Å². The third-order valence-corrected chi connectivity index (χ3v) is 6.99. The minimum atomic E-state index is 0.115. The number of carbonyl (C=O) groups is 1. The van der Waals surface area contributed by atoms with Gasteiger partial charge >= 0.3 is 0 Å². The molecule has 0 atom stereocenters. The van der Waals surface area contributed by atoms with Crippen molar-refractivity contribution in [3.63, 3.8) is 0 Å². The lowest BCUT2D eigenvalue weighted by Gasteiger charge is -2.35. The first-order valence-electron chi connectivity index (χ1n) is 11.8. The maximum atomic E-state index is 13.6. The molecule has 0 bridgehead atoms. The highest BCUT2D eigenvalue weighted by molar-refractivity contribution is 6.05. The van der Waals surface area contributed by atoms with Crippen LogP contribution in [0.3, 0.4) is 0 Å². The van der Waals surface area contributed by atoms with Crippen molar-refractivity contribution in [2.45, 2.75) is 59.0 Å². The Morgan fingerprint density at radius 1 is 1.16 bits per heavy atom. The number of hydrogen-bond acceptors (Lipinski definition) is 5. The lowest BCUT2D eigenvalue weighted by molar-refractivity contribution is 0.0629. The molecule has 2 fully saturated rings. The Balaban J connectivity index is 1.34. The van der Waals surface area contributed by atoms with Crippen molar-refractivity contribution in [1.29, 1.82) is 0 Å². The number of pyridine rings is 1. The molecule has 0 unspecified atom stereocenters. The van der Waals surface area contributed by atoms with Gasteiger partial charge in [-0.15, -0.1) is 0 Å². The second kappa shape index (κ2) is 8.31. The molecule has 1 saturated heterocycles. The van der Waals surface area contributed by atoms with Gasteiger partial charge in [-0.05, 0) is 39.2 Å². The summed E-state index contributed by atoms with van der Waals surface area (Å²) < 4.78 is 3.91. The second-order valence-corrected chi connectivity index (χ2v) is 9.32. The SMILES string of the molecule is CCCn1ncc2c(C(=O)N3CCN(Cc4c(C)nn(C)c4C)CC3)cc(C3CC3)nc21. The van der Waals surface area contributed by atoms with E-state index in [4.69, 9.17) is 4.98 Å². The van der Waals surface area contributed by atoms with Gasteiger partial charge in [0.1, 0.15) is 0 Å². The summed E-state index contributed by atoms with van der Waals surface area (Å²) in [6.45, 7) is 11.3. The second-order valence-electron chi connectivity index (χ2n) is 9.32. The number of carbonyl (C=O) groups excluding carboxylic acids is 1. The van der Waals surface area contributed by atoms with Gasteiger partial charge in [0.05, 0.1) is 22.8 Å². The minimum Gasteiger partial charge on any atom is -0.336 e. The molecule has 5 rings (SSSR count). The van der Waals surface area contributed by atoms with Gasteiger partial charge in [0.25, 0.3) is 5.91 Å². The standard InChI is InChI=1S/C24H33N7O/c1-5-8-31-23-20(14-25-31)19(13-22(26-23)18-6-7-18)24(32)30-11-9-29(10-12-30)15-21-16(2)27-28(4)17(21)3/h13-14,18H,5-12,15H2,1-4H3.